The standard InChI is InChI=1S/C18H11Cl2N3S/c19-12-5-3-11(4-6-12)18-21-15-8-7-13(20)10-14(15)17(22-23-18)16-2-1-9-24-16/h1-10H,(H,21,23). The van der Waals surface area contributed by atoms with E-state index in [0.717, 1.165) is 27.4 Å². The van der Waals surface area contributed by atoms with Crippen molar-refractivity contribution in [2.45, 2.75) is 0 Å². The molecule has 3 aromatic rings. The van der Waals surface area contributed by atoms with Gasteiger partial charge in [-0.1, -0.05) is 29.3 Å². The molecule has 0 fully saturated rings. The molecule has 0 saturated heterocycles. The Morgan fingerprint density at radius 2 is 1.71 bits per heavy atom. The third kappa shape index (κ3) is 2.96. The van der Waals surface area contributed by atoms with Gasteiger partial charge in [-0.25, -0.2) is 4.99 Å². The van der Waals surface area contributed by atoms with Gasteiger partial charge < -0.3 is 0 Å². The van der Waals surface area contributed by atoms with E-state index in [2.05, 4.69) is 10.5 Å². The minimum Gasteiger partial charge on any atom is -0.260 e. The first-order valence-electron chi connectivity index (χ1n) is 7.23. The number of hydrazone groups is 1. The van der Waals surface area contributed by atoms with E-state index in [9.17, 15) is 0 Å². The van der Waals surface area contributed by atoms with Crippen LogP contribution in [0.3, 0.4) is 0 Å². The SMILES string of the molecule is Clc1ccc(C2=Nc3ccc(Cl)cc3C(c3cccs3)=NN2)cc1. The lowest BCUT2D eigenvalue weighted by molar-refractivity contribution is 1.03. The van der Waals surface area contributed by atoms with Gasteiger partial charge in [-0.05, 0) is 53.9 Å². The molecule has 1 aromatic heterocycles. The number of thiophene rings is 1. The number of fused-ring (bicyclic) bond motifs is 1. The van der Waals surface area contributed by atoms with Crippen molar-refractivity contribution in [2.75, 3.05) is 0 Å². The Labute approximate surface area is 153 Å². The number of halogens is 2. The van der Waals surface area contributed by atoms with Gasteiger partial charge in [0.1, 0.15) is 5.71 Å². The minimum atomic E-state index is 0.656. The van der Waals surface area contributed by atoms with Crippen molar-refractivity contribution in [3.8, 4) is 0 Å². The van der Waals surface area contributed by atoms with Crippen LogP contribution in [0.5, 0.6) is 0 Å². The molecular weight excluding hydrogens is 361 g/mol. The highest BCUT2D eigenvalue weighted by molar-refractivity contribution is 7.12. The van der Waals surface area contributed by atoms with Crippen LogP contribution < -0.4 is 5.43 Å². The summed E-state index contributed by atoms with van der Waals surface area (Å²) in [5, 5.41) is 7.94. The van der Waals surface area contributed by atoms with Crippen molar-refractivity contribution in [3.63, 3.8) is 0 Å². The van der Waals surface area contributed by atoms with Crippen molar-refractivity contribution in [1.82, 2.24) is 5.43 Å². The van der Waals surface area contributed by atoms with E-state index >= 15 is 0 Å². The van der Waals surface area contributed by atoms with Crippen LogP contribution in [0.1, 0.15) is 16.0 Å². The number of hydrogen-bond donors (Lipinski definition) is 1. The molecule has 0 unspecified atom stereocenters. The van der Waals surface area contributed by atoms with E-state index in [1.54, 1.807) is 11.3 Å². The lowest BCUT2D eigenvalue weighted by atomic mass is 10.1. The number of benzene rings is 2. The molecule has 1 aliphatic rings. The van der Waals surface area contributed by atoms with Crippen LogP contribution >= 0.6 is 34.5 Å². The summed E-state index contributed by atoms with van der Waals surface area (Å²) in [6.07, 6.45) is 0. The van der Waals surface area contributed by atoms with Gasteiger partial charge in [0.2, 0.25) is 0 Å². The molecule has 0 radical (unpaired) electrons. The highest BCUT2D eigenvalue weighted by Gasteiger charge is 2.18. The van der Waals surface area contributed by atoms with Gasteiger partial charge in [-0.3, -0.25) is 5.43 Å². The van der Waals surface area contributed by atoms with Crippen LogP contribution in [-0.2, 0) is 0 Å². The molecule has 0 saturated carbocycles. The monoisotopic (exact) mass is 371 g/mol. The number of hydrogen-bond acceptors (Lipinski definition) is 4. The second-order valence-electron chi connectivity index (χ2n) is 5.18. The summed E-state index contributed by atoms with van der Waals surface area (Å²) in [5.41, 5.74) is 6.55. The number of amidine groups is 1. The molecule has 2 heterocycles. The van der Waals surface area contributed by atoms with Gasteiger partial charge >= 0.3 is 0 Å². The maximum atomic E-state index is 6.19. The number of nitrogens with one attached hydrogen (secondary N) is 1. The third-order valence-corrected chi connectivity index (χ3v) is 4.96. The maximum absolute atomic E-state index is 6.19. The molecule has 2 aromatic carbocycles. The topological polar surface area (TPSA) is 36.8 Å². The van der Waals surface area contributed by atoms with Crippen LogP contribution in [0.2, 0.25) is 10.0 Å². The fourth-order valence-electron chi connectivity index (χ4n) is 2.45. The Kier molecular flexibility index (Phi) is 4.10. The van der Waals surface area contributed by atoms with Crippen molar-refractivity contribution < 1.29 is 0 Å². The maximum Gasteiger partial charge on any atom is 0.154 e. The molecule has 6 heteroatoms. The molecule has 0 aliphatic carbocycles. The van der Waals surface area contributed by atoms with Crippen LogP contribution in [0.25, 0.3) is 0 Å². The van der Waals surface area contributed by atoms with E-state index in [0.29, 0.717) is 15.9 Å². The molecular formula is C18H11Cl2N3S. The summed E-state index contributed by atoms with van der Waals surface area (Å²) < 4.78 is 0. The van der Waals surface area contributed by atoms with E-state index in [1.807, 2.05) is 60.0 Å². The average molecular weight is 372 g/mol. The first-order chi connectivity index (χ1) is 11.7. The molecule has 4 rings (SSSR count). The molecule has 1 aliphatic heterocycles. The largest absolute Gasteiger partial charge is 0.260 e. The van der Waals surface area contributed by atoms with Crippen LogP contribution in [-0.4, -0.2) is 11.5 Å². The molecule has 0 amide bonds. The second-order valence-corrected chi connectivity index (χ2v) is 7.00. The Hall–Kier alpha value is -2.14. The molecule has 118 valence electrons. The predicted octanol–water partition coefficient (Wildman–Crippen LogP) is 5.49. The molecule has 0 spiro atoms. The molecule has 3 nitrogen and oxygen atoms in total. The Morgan fingerprint density at radius 3 is 2.46 bits per heavy atom. The lowest BCUT2D eigenvalue weighted by Crippen LogP contribution is -2.19. The van der Waals surface area contributed by atoms with Crippen LogP contribution in [0.4, 0.5) is 5.69 Å². The highest BCUT2D eigenvalue weighted by atomic mass is 35.5. The summed E-state index contributed by atoms with van der Waals surface area (Å²) >= 11 is 13.8. The minimum absolute atomic E-state index is 0.656. The summed E-state index contributed by atoms with van der Waals surface area (Å²) in [6, 6.07) is 17.2. The first-order valence-corrected chi connectivity index (χ1v) is 8.86. The first kappa shape index (κ1) is 15.4. The Balaban J connectivity index is 1.87. The van der Waals surface area contributed by atoms with Crippen molar-refractivity contribution in [1.29, 1.82) is 0 Å². The van der Waals surface area contributed by atoms with Crippen molar-refractivity contribution in [3.05, 3.63) is 86.0 Å². The smallest absolute Gasteiger partial charge is 0.154 e. The summed E-state index contributed by atoms with van der Waals surface area (Å²) in [6.45, 7) is 0. The highest BCUT2D eigenvalue weighted by Crippen LogP contribution is 2.29. The van der Waals surface area contributed by atoms with E-state index in [1.165, 1.54) is 0 Å². The number of nitrogens with zero attached hydrogens (tertiary/aromatic N) is 2. The second kappa shape index (κ2) is 6.40. The van der Waals surface area contributed by atoms with E-state index in [4.69, 9.17) is 28.2 Å². The summed E-state index contributed by atoms with van der Waals surface area (Å²) in [7, 11) is 0. The lowest BCUT2D eigenvalue weighted by Gasteiger charge is -2.05. The van der Waals surface area contributed by atoms with Gasteiger partial charge in [0, 0.05) is 21.2 Å². The fraction of sp³-hybridized carbons (Fsp3) is 0. The van der Waals surface area contributed by atoms with Crippen molar-refractivity contribution >= 4 is 51.8 Å². The number of rotatable bonds is 2. The predicted molar refractivity (Wildman–Crippen MR) is 102 cm³/mol. The van der Waals surface area contributed by atoms with Gasteiger partial charge in [0.15, 0.2) is 5.84 Å². The Morgan fingerprint density at radius 1 is 0.917 bits per heavy atom. The van der Waals surface area contributed by atoms with E-state index in [-0.39, 0.29) is 0 Å². The molecule has 1 N–H and O–H groups in total. The van der Waals surface area contributed by atoms with E-state index < -0.39 is 0 Å². The van der Waals surface area contributed by atoms with Gasteiger partial charge in [0.05, 0.1) is 10.6 Å². The molecule has 0 atom stereocenters. The van der Waals surface area contributed by atoms with Crippen molar-refractivity contribution in [2.24, 2.45) is 10.1 Å². The molecule has 24 heavy (non-hydrogen) atoms. The zero-order valence-electron chi connectivity index (χ0n) is 12.3. The zero-order valence-corrected chi connectivity index (χ0v) is 14.7. The van der Waals surface area contributed by atoms with Crippen LogP contribution in [0.15, 0.2) is 70.1 Å². The number of aliphatic imine (C=N–C) groups is 1. The van der Waals surface area contributed by atoms with Gasteiger partial charge in [-0.15, -0.1) is 11.3 Å². The quantitative estimate of drug-likeness (QED) is 0.635. The molecule has 0 bridgehead atoms. The Bertz CT molecular complexity index is 945. The normalized spacial score (nSPS) is 13.4. The van der Waals surface area contributed by atoms with Crippen LogP contribution in [0, 0.1) is 0 Å². The third-order valence-electron chi connectivity index (χ3n) is 3.59. The van der Waals surface area contributed by atoms with Gasteiger partial charge in [0.25, 0.3) is 0 Å². The summed E-state index contributed by atoms with van der Waals surface area (Å²) in [4.78, 5) is 5.79. The fourth-order valence-corrected chi connectivity index (χ4v) is 3.47. The van der Waals surface area contributed by atoms with Gasteiger partial charge in [-0.2, -0.15) is 5.10 Å². The average Bonchev–Trinajstić information content (AvgIpc) is 3.04. The zero-order chi connectivity index (χ0) is 16.5. The summed E-state index contributed by atoms with van der Waals surface area (Å²) in [5.74, 6) is 0.668.